The maximum absolute atomic E-state index is 14.1. The minimum Gasteiger partial charge on any atom is -0.343 e. The number of likely N-dealkylation sites (tertiary alicyclic amines) is 1. The SMILES string of the molecule is CC(=O)N1CCC(C(=O)Nc2nc(C(F)(F)F)n3c2CN(C(=O)CC(N)CC2C=C(F)C(F)=CC2F)CC3)CC1. The van der Waals surface area contributed by atoms with Gasteiger partial charge < -0.3 is 25.4 Å². The maximum atomic E-state index is 14.1. The maximum Gasteiger partial charge on any atom is 0.449 e. The van der Waals surface area contributed by atoms with Crippen molar-refractivity contribution in [3.05, 3.63) is 35.3 Å². The predicted octanol–water partition coefficient (Wildman–Crippen LogP) is 3.22. The summed E-state index contributed by atoms with van der Waals surface area (Å²) in [4.78, 5) is 43.9. The number of fused-ring (bicyclic) bond motifs is 1. The number of carbonyl (C=O) groups excluding carboxylic acids is 3. The number of piperidine rings is 1. The van der Waals surface area contributed by atoms with Crippen LogP contribution in [0.1, 0.15) is 44.1 Å². The minimum absolute atomic E-state index is 0.00302. The van der Waals surface area contributed by atoms with Crippen molar-refractivity contribution in [2.45, 2.75) is 64.1 Å². The summed E-state index contributed by atoms with van der Waals surface area (Å²) in [5.41, 5.74) is 5.99. The molecule has 3 heterocycles. The van der Waals surface area contributed by atoms with E-state index in [1.165, 1.54) is 11.8 Å². The fraction of sp³-hybridized carbons (Fsp3) is 0.600. The van der Waals surface area contributed by atoms with Crippen LogP contribution < -0.4 is 11.1 Å². The summed E-state index contributed by atoms with van der Waals surface area (Å²) in [7, 11) is 0. The van der Waals surface area contributed by atoms with Gasteiger partial charge in [-0.15, -0.1) is 0 Å². The molecule has 0 saturated carbocycles. The lowest BCUT2D eigenvalue weighted by Gasteiger charge is -2.31. The first-order chi connectivity index (χ1) is 18.7. The molecule has 3 unspecified atom stereocenters. The number of imidazole rings is 1. The smallest absolute Gasteiger partial charge is 0.343 e. The first-order valence-electron chi connectivity index (χ1n) is 12.9. The van der Waals surface area contributed by atoms with Crippen LogP contribution in [0, 0.1) is 11.8 Å². The van der Waals surface area contributed by atoms with Gasteiger partial charge >= 0.3 is 6.18 Å². The van der Waals surface area contributed by atoms with Crippen molar-refractivity contribution < 1.29 is 40.7 Å². The third-order valence-corrected chi connectivity index (χ3v) is 7.48. The molecule has 1 aromatic heterocycles. The second-order valence-corrected chi connectivity index (χ2v) is 10.3. The van der Waals surface area contributed by atoms with E-state index in [1.54, 1.807) is 4.90 Å². The van der Waals surface area contributed by atoms with Crippen LogP contribution in [0.3, 0.4) is 0 Å². The number of nitrogens with two attached hydrogens (primary N) is 1. The van der Waals surface area contributed by atoms with Crippen LogP contribution in [0.2, 0.25) is 0 Å². The molecule has 4 rings (SSSR count). The van der Waals surface area contributed by atoms with Crippen molar-refractivity contribution >= 4 is 23.5 Å². The molecule has 0 bridgehead atoms. The standard InChI is InChI=1S/C25H30F6N6O3/c1-13(38)35-4-2-14(3-5-35)23(40)33-22-20-12-36(6-7-37(20)24(34-22)25(29,30)31)21(39)10-16(32)8-15-9-18(27)19(28)11-17(15)26/h9,11,14-17H,2-8,10,12,32H2,1H3,(H,33,40). The molecule has 3 amide bonds. The van der Waals surface area contributed by atoms with Gasteiger partial charge in [-0.05, 0) is 31.4 Å². The number of anilines is 1. The van der Waals surface area contributed by atoms with Gasteiger partial charge in [0.15, 0.2) is 17.5 Å². The zero-order chi connectivity index (χ0) is 29.4. The number of aromatic nitrogens is 2. The normalized spacial score (nSPS) is 22.8. The van der Waals surface area contributed by atoms with Gasteiger partial charge in [0.2, 0.25) is 23.5 Å². The molecule has 15 heteroatoms. The van der Waals surface area contributed by atoms with E-state index in [2.05, 4.69) is 10.3 Å². The van der Waals surface area contributed by atoms with E-state index in [0.29, 0.717) is 32.0 Å². The first-order valence-corrected chi connectivity index (χ1v) is 12.9. The highest BCUT2D eigenvalue weighted by Crippen LogP contribution is 2.35. The zero-order valence-corrected chi connectivity index (χ0v) is 21.7. The monoisotopic (exact) mass is 576 g/mol. The lowest BCUT2D eigenvalue weighted by molar-refractivity contribution is -0.148. The van der Waals surface area contributed by atoms with Crippen molar-refractivity contribution in [2.75, 3.05) is 25.0 Å². The van der Waals surface area contributed by atoms with E-state index in [0.717, 1.165) is 10.6 Å². The lowest BCUT2D eigenvalue weighted by atomic mass is 9.90. The number of rotatable bonds is 6. The average molecular weight is 577 g/mol. The summed E-state index contributed by atoms with van der Waals surface area (Å²) in [5.74, 6) is -6.78. The molecule has 0 radical (unpaired) electrons. The summed E-state index contributed by atoms with van der Waals surface area (Å²) in [6.07, 6.45) is -5.11. The minimum atomic E-state index is -4.81. The van der Waals surface area contributed by atoms with Crippen molar-refractivity contribution in [1.82, 2.24) is 19.4 Å². The van der Waals surface area contributed by atoms with E-state index in [4.69, 9.17) is 5.73 Å². The Morgan fingerprint density at radius 3 is 2.35 bits per heavy atom. The van der Waals surface area contributed by atoms with Crippen LogP contribution in [0.4, 0.5) is 32.2 Å². The van der Waals surface area contributed by atoms with Gasteiger partial charge in [0.1, 0.15) is 6.17 Å². The largest absolute Gasteiger partial charge is 0.449 e. The van der Waals surface area contributed by atoms with Crippen LogP contribution in [0.5, 0.6) is 0 Å². The lowest BCUT2D eigenvalue weighted by Crippen LogP contribution is -2.42. The molecule has 9 nitrogen and oxygen atoms in total. The molecule has 3 aliphatic rings. The van der Waals surface area contributed by atoms with Gasteiger partial charge in [0.25, 0.3) is 0 Å². The summed E-state index contributed by atoms with van der Waals surface area (Å²) < 4.78 is 82.9. The number of nitrogens with zero attached hydrogens (tertiary/aromatic N) is 4. The Morgan fingerprint density at radius 1 is 1.07 bits per heavy atom. The quantitative estimate of drug-likeness (QED) is 0.505. The molecule has 0 aromatic carbocycles. The molecule has 2 aliphatic heterocycles. The Balaban J connectivity index is 1.43. The molecule has 1 aliphatic carbocycles. The van der Waals surface area contributed by atoms with Gasteiger partial charge in [0, 0.05) is 57.4 Å². The van der Waals surface area contributed by atoms with E-state index in [1.807, 2.05) is 0 Å². The number of hydrogen-bond donors (Lipinski definition) is 2. The molecule has 0 spiro atoms. The van der Waals surface area contributed by atoms with Crippen LogP contribution >= 0.6 is 0 Å². The third-order valence-electron chi connectivity index (χ3n) is 7.48. The van der Waals surface area contributed by atoms with Gasteiger partial charge in [-0.3, -0.25) is 14.4 Å². The zero-order valence-electron chi connectivity index (χ0n) is 21.7. The van der Waals surface area contributed by atoms with Gasteiger partial charge in [-0.25, -0.2) is 18.2 Å². The highest BCUT2D eigenvalue weighted by atomic mass is 19.4. The molecule has 3 N–H and O–H groups in total. The Hall–Kier alpha value is -3.36. The first kappa shape index (κ1) is 29.6. The Bertz CT molecular complexity index is 1220. The average Bonchev–Trinajstić information content (AvgIpc) is 3.25. The van der Waals surface area contributed by atoms with Crippen LogP contribution in [0.15, 0.2) is 23.8 Å². The topological polar surface area (TPSA) is 114 Å². The Kier molecular flexibility index (Phi) is 8.61. The number of halogens is 6. The molecular weight excluding hydrogens is 546 g/mol. The van der Waals surface area contributed by atoms with Crippen molar-refractivity contribution in [3.8, 4) is 0 Å². The molecule has 40 heavy (non-hydrogen) atoms. The summed E-state index contributed by atoms with van der Waals surface area (Å²) in [6.45, 7) is 1.50. The van der Waals surface area contributed by atoms with Crippen LogP contribution in [0.25, 0.3) is 0 Å². The van der Waals surface area contributed by atoms with Crippen LogP contribution in [-0.4, -0.2) is 68.9 Å². The number of hydrogen-bond acceptors (Lipinski definition) is 5. The molecule has 1 fully saturated rings. The Morgan fingerprint density at radius 2 is 1.73 bits per heavy atom. The predicted molar refractivity (Wildman–Crippen MR) is 130 cm³/mol. The van der Waals surface area contributed by atoms with Crippen molar-refractivity contribution in [3.63, 3.8) is 0 Å². The molecule has 3 atom stereocenters. The number of amides is 3. The van der Waals surface area contributed by atoms with E-state index in [9.17, 15) is 40.7 Å². The summed E-state index contributed by atoms with van der Waals surface area (Å²) in [5, 5.41) is 2.49. The molecule has 1 saturated heterocycles. The fourth-order valence-electron chi connectivity index (χ4n) is 5.26. The van der Waals surface area contributed by atoms with Crippen molar-refractivity contribution in [2.24, 2.45) is 17.6 Å². The summed E-state index contributed by atoms with van der Waals surface area (Å²) >= 11 is 0. The van der Waals surface area contributed by atoms with Crippen LogP contribution in [-0.2, 0) is 33.6 Å². The highest BCUT2D eigenvalue weighted by molar-refractivity contribution is 5.92. The number of alkyl halides is 4. The second kappa shape index (κ2) is 11.6. The van der Waals surface area contributed by atoms with E-state index >= 15 is 0 Å². The molecule has 1 aromatic rings. The number of allylic oxidation sites excluding steroid dienone is 4. The summed E-state index contributed by atoms with van der Waals surface area (Å²) in [6, 6.07) is -0.924. The third kappa shape index (κ3) is 6.50. The molecule has 220 valence electrons. The van der Waals surface area contributed by atoms with Crippen molar-refractivity contribution in [1.29, 1.82) is 0 Å². The van der Waals surface area contributed by atoms with Gasteiger partial charge in [-0.1, -0.05) is 0 Å². The fourth-order valence-corrected chi connectivity index (χ4v) is 5.26. The molecular formula is C25H30F6N6O3. The number of carbonyl (C=O) groups is 3. The second-order valence-electron chi connectivity index (χ2n) is 10.3. The van der Waals surface area contributed by atoms with Gasteiger partial charge in [0.05, 0.1) is 12.2 Å². The Labute approximate surface area is 226 Å². The number of nitrogens with one attached hydrogen (secondary N) is 1. The van der Waals surface area contributed by atoms with E-state index < -0.39 is 59.5 Å². The van der Waals surface area contributed by atoms with Gasteiger partial charge in [-0.2, -0.15) is 13.2 Å². The van der Waals surface area contributed by atoms with E-state index in [-0.39, 0.29) is 49.9 Å². The highest BCUT2D eigenvalue weighted by Gasteiger charge is 2.41.